The lowest BCUT2D eigenvalue weighted by Crippen LogP contribution is -2.18. The number of thiazole rings is 1. The third-order valence-corrected chi connectivity index (χ3v) is 5.47. The van der Waals surface area contributed by atoms with E-state index in [-0.39, 0.29) is 11.7 Å². The molecular formula is C17H17N3O2S2. The second-order valence-electron chi connectivity index (χ2n) is 5.45. The van der Waals surface area contributed by atoms with Crippen molar-refractivity contribution in [2.24, 2.45) is 0 Å². The number of rotatable bonds is 5. The molecule has 0 aliphatic rings. The number of aromatic nitrogens is 2. The Labute approximate surface area is 147 Å². The van der Waals surface area contributed by atoms with E-state index in [2.05, 4.69) is 10.3 Å². The highest BCUT2D eigenvalue weighted by molar-refractivity contribution is 7.17. The van der Waals surface area contributed by atoms with Gasteiger partial charge in [-0.25, -0.2) is 4.98 Å². The summed E-state index contributed by atoms with van der Waals surface area (Å²) in [5.41, 5.74) is 1.83. The first-order chi connectivity index (χ1) is 11.4. The lowest BCUT2D eigenvalue weighted by Gasteiger charge is -1.97. The highest BCUT2D eigenvalue weighted by atomic mass is 32.1. The van der Waals surface area contributed by atoms with E-state index < -0.39 is 0 Å². The van der Waals surface area contributed by atoms with Gasteiger partial charge in [0, 0.05) is 22.9 Å². The van der Waals surface area contributed by atoms with Gasteiger partial charge in [0.25, 0.3) is 0 Å². The molecule has 1 amide bonds. The van der Waals surface area contributed by atoms with Crippen LogP contribution in [-0.2, 0) is 11.3 Å². The van der Waals surface area contributed by atoms with Gasteiger partial charge < -0.3 is 5.32 Å². The zero-order valence-electron chi connectivity index (χ0n) is 13.6. The molecule has 3 aromatic rings. The smallest absolute Gasteiger partial charge is 0.217 e. The van der Waals surface area contributed by atoms with Crippen molar-refractivity contribution in [3.8, 4) is 0 Å². The SMILES string of the molecule is CC(=O)NCc1ccc(C(=O)/C=C/c2c(C)nc3sc(C)cn23)s1. The lowest BCUT2D eigenvalue weighted by atomic mass is 10.2. The van der Waals surface area contributed by atoms with Crippen molar-refractivity contribution in [1.29, 1.82) is 0 Å². The molecule has 7 heteroatoms. The van der Waals surface area contributed by atoms with Crippen LogP contribution in [0.5, 0.6) is 0 Å². The summed E-state index contributed by atoms with van der Waals surface area (Å²) in [5.74, 6) is -0.127. The van der Waals surface area contributed by atoms with E-state index in [4.69, 9.17) is 0 Å². The molecule has 0 spiro atoms. The quantitative estimate of drug-likeness (QED) is 0.559. The standard InChI is InChI=1S/C17H17N3O2S2/c1-10-9-20-14(11(2)19-17(20)23-10)5-6-15(22)16-7-4-13(24-16)8-18-12(3)21/h4-7,9H,8H2,1-3H3,(H,18,21)/b6-5+. The summed E-state index contributed by atoms with van der Waals surface area (Å²) in [6.45, 7) is 5.90. The number of thiophene rings is 1. The average Bonchev–Trinajstić information content (AvgIpc) is 3.18. The normalized spacial score (nSPS) is 11.5. The molecule has 124 valence electrons. The molecule has 0 atom stereocenters. The molecule has 0 aliphatic heterocycles. The van der Waals surface area contributed by atoms with Crippen LogP contribution >= 0.6 is 22.7 Å². The van der Waals surface area contributed by atoms with E-state index in [1.807, 2.05) is 36.6 Å². The Morgan fingerprint density at radius 2 is 2.08 bits per heavy atom. The van der Waals surface area contributed by atoms with Crippen LogP contribution in [0.25, 0.3) is 11.0 Å². The Morgan fingerprint density at radius 1 is 1.29 bits per heavy atom. The molecule has 0 bridgehead atoms. The van der Waals surface area contributed by atoms with Crippen LogP contribution in [-0.4, -0.2) is 21.1 Å². The Morgan fingerprint density at radius 3 is 2.83 bits per heavy atom. The maximum atomic E-state index is 12.4. The molecule has 0 unspecified atom stereocenters. The summed E-state index contributed by atoms with van der Waals surface area (Å²) in [4.78, 5) is 31.5. The highest BCUT2D eigenvalue weighted by Gasteiger charge is 2.10. The molecule has 3 heterocycles. The van der Waals surface area contributed by atoms with Crippen molar-refractivity contribution in [2.45, 2.75) is 27.3 Å². The van der Waals surface area contributed by atoms with Crippen molar-refractivity contribution in [3.05, 3.63) is 50.4 Å². The number of hydrogen-bond donors (Lipinski definition) is 1. The number of aryl methyl sites for hydroxylation is 2. The molecule has 0 radical (unpaired) electrons. The van der Waals surface area contributed by atoms with Gasteiger partial charge in [-0.3, -0.25) is 14.0 Å². The van der Waals surface area contributed by atoms with Gasteiger partial charge in [-0.2, -0.15) is 0 Å². The first-order valence-electron chi connectivity index (χ1n) is 7.44. The Bertz CT molecular complexity index is 947. The number of allylic oxidation sites excluding steroid dienone is 1. The predicted octanol–water partition coefficient (Wildman–Crippen LogP) is 3.61. The average molecular weight is 359 g/mol. The molecule has 0 fully saturated rings. The van der Waals surface area contributed by atoms with Gasteiger partial charge >= 0.3 is 0 Å². The monoisotopic (exact) mass is 359 g/mol. The fourth-order valence-corrected chi connectivity index (χ4v) is 4.08. The first-order valence-corrected chi connectivity index (χ1v) is 9.08. The largest absolute Gasteiger partial charge is 0.351 e. The second kappa shape index (κ2) is 6.70. The van der Waals surface area contributed by atoms with Crippen molar-refractivity contribution in [1.82, 2.24) is 14.7 Å². The number of amides is 1. The van der Waals surface area contributed by atoms with Crippen LogP contribution in [0.3, 0.4) is 0 Å². The van der Waals surface area contributed by atoms with Crippen LogP contribution in [0.15, 0.2) is 24.4 Å². The summed E-state index contributed by atoms with van der Waals surface area (Å²) in [7, 11) is 0. The van der Waals surface area contributed by atoms with Crippen LogP contribution in [0, 0.1) is 13.8 Å². The van der Waals surface area contributed by atoms with Gasteiger partial charge in [0.15, 0.2) is 10.7 Å². The number of fused-ring (bicyclic) bond motifs is 1. The summed E-state index contributed by atoms with van der Waals surface area (Å²) in [6, 6.07) is 3.66. The molecule has 3 rings (SSSR count). The maximum absolute atomic E-state index is 12.4. The van der Waals surface area contributed by atoms with E-state index in [1.165, 1.54) is 23.1 Å². The highest BCUT2D eigenvalue weighted by Crippen LogP contribution is 2.22. The van der Waals surface area contributed by atoms with E-state index in [0.29, 0.717) is 11.4 Å². The van der Waals surface area contributed by atoms with Gasteiger partial charge in [0.1, 0.15) is 0 Å². The molecular weight excluding hydrogens is 342 g/mol. The van der Waals surface area contributed by atoms with Gasteiger partial charge in [-0.1, -0.05) is 0 Å². The summed E-state index contributed by atoms with van der Waals surface area (Å²) >= 11 is 3.03. The third-order valence-electron chi connectivity index (χ3n) is 3.47. The maximum Gasteiger partial charge on any atom is 0.217 e. The number of imidazole rings is 1. The Balaban J connectivity index is 1.77. The fourth-order valence-electron chi connectivity index (χ4n) is 2.34. The molecule has 5 nitrogen and oxygen atoms in total. The van der Waals surface area contributed by atoms with Gasteiger partial charge in [-0.15, -0.1) is 22.7 Å². The van der Waals surface area contributed by atoms with Gasteiger partial charge in [0.05, 0.1) is 22.8 Å². The number of nitrogens with one attached hydrogen (secondary N) is 1. The minimum Gasteiger partial charge on any atom is -0.351 e. The van der Waals surface area contributed by atoms with Crippen LogP contribution < -0.4 is 5.32 Å². The summed E-state index contributed by atoms with van der Waals surface area (Å²) in [6.07, 6.45) is 5.43. The lowest BCUT2D eigenvalue weighted by molar-refractivity contribution is -0.119. The first kappa shape index (κ1) is 16.6. The van der Waals surface area contributed by atoms with E-state index in [1.54, 1.807) is 23.5 Å². The fraction of sp³-hybridized carbons (Fsp3) is 0.235. The number of nitrogens with zero attached hydrogens (tertiary/aromatic N) is 2. The van der Waals surface area contributed by atoms with E-state index in [9.17, 15) is 9.59 Å². The number of carbonyl (C=O) groups is 2. The summed E-state index contributed by atoms with van der Waals surface area (Å²) < 4.78 is 2.01. The Kier molecular flexibility index (Phi) is 4.64. The van der Waals surface area contributed by atoms with Crippen LogP contribution in [0.4, 0.5) is 0 Å². The number of carbonyl (C=O) groups excluding carboxylic acids is 2. The number of ketones is 1. The molecule has 0 aromatic carbocycles. The van der Waals surface area contributed by atoms with E-state index >= 15 is 0 Å². The molecule has 0 saturated carbocycles. The minimum absolute atomic E-state index is 0.0459. The van der Waals surface area contributed by atoms with Crippen LogP contribution in [0.2, 0.25) is 0 Å². The topological polar surface area (TPSA) is 63.5 Å². The predicted molar refractivity (Wildman–Crippen MR) is 97.7 cm³/mol. The van der Waals surface area contributed by atoms with Gasteiger partial charge in [-0.05, 0) is 38.1 Å². The molecule has 24 heavy (non-hydrogen) atoms. The zero-order valence-corrected chi connectivity index (χ0v) is 15.3. The van der Waals surface area contributed by atoms with Gasteiger partial charge in [0.2, 0.25) is 5.91 Å². The van der Waals surface area contributed by atoms with E-state index in [0.717, 1.165) is 21.2 Å². The molecule has 0 saturated heterocycles. The van der Waals surface area contributed by atoms with Crippen molar-refractivity contribution >= 4 is 45.4 Å². The minimum atomic E-state index is -0.0811. The molecule has 3 aromatic heterocycles. The number of hydrogen-bond acceptors (Lipinski definition) is 5. The van der Waals surface area contributed by atoms with Crippen molar-refractivity contribution in [2.75, 3.05) is 0 Å². The zero-order chi connectivity index (χ0) is 17.3. The Hall–Kier alpha value is -2.25. The second-order valence-corrected chi connectivity index (χ2v) is 7.83. The van der Waals surface area contributed by atoms with Crippen LogP contribution in [0.1, 0.15) is 37.7 Å². The molecule has 0 aliphatic carbocycles. The third kappa shape index (κ3) is 3.47. The van der Waals surface area contributed by atoms with Crippen molar-refractivity contribution < 1.29 is 9.59 Å². The summed E-state index contributed by atoms with van der Waals surface area (Å²) in [5, 5.41) is 2.73. The molecule has 1 N–H and O–H groups in total. The van der Waals surface area contributed by atoms with Crippen molar-refractivity contribution in [3.63, 3.8) is 0 Å².